The SMILES string of the molecule is COc1ccc(O[C@@H]2O[C@H](COCc3ccccc3)[C@@H](O[C@@H]3O[C@H](COCc4ccccc4)[C@@H](O)[C@H](OCc4ccccc4)[C@H]3N3C(=O)c4ccc(Cl)c(Cl)c4C3=O)[C@H](OCc3ccccc3)[C@H]2N2C(=O)c3ccc(Cl)c(Cl)c3C2=O)cc1. The van der Waals surface area contributed by atoms with E-state index >= 15 is 19.2 Å². The van der Waals surface area contributed by atoms with E-state index in [1.54, 1.807) is 24.3 Å². The maximum Gasteiger partial charge on any atom is 0.263 e. The first-order chi connectivity index (χ1) is 40.4. The van der Waals surface area contributed by atoms with Crippen molar-refractivity contribution >= 4 is 70.0 Å². The minimum atomic E-state index is -1.77. The number of hydrogen-bond donors (Lipinski definition) is 1. The van der Waals surface area contributed by atoms with E-state index in [0.29, 0.717) is 16.9 Å². The van der Waals surface area contributed by atoms with E-state index in [4.69, 9.17) is 89.0 Å². The highest BCUT2D eigenvalue weighted by atomic mass is 35.5. The Morgan fingerprint density at radius 1 is 0.458 bits per heavy atom. The van der Waals surface area contributed by atoms with Gasteiger partial charge in [-0.25, -0.2) is 0 Å². The molecule has 1 N–H and O–H groups in total. The zero-order valence-electron chi connectivity index (χ0n) is 44.3. The molecule has 10 atom stereocenters. The Bertz CT molecular complexity index is 3440. The van der Waals surface area contributed by atoms with Gasteiger partial charge < -0.3 is 47.7 Å². The smallest absolute Gasteiger partial charge is 0.263 e. The molecule has 7 aromatic carbocycles. The van der Waals surface area contributed by atoms with Gasteiger partial charge in [-0.2, -0.15) is 0 Å². The number of benzene rings is 7. The van der Waals surface area contributed by atoms with Crippen molar-refractivity contribution in [2.24, 2.45) is 0 Å². The average Bonchev–Trinajstić information content (AvgIpc) is 2.59. The van der Waals surface area contributed by atoms with Gasteiger partial charge in [0, 0.05) is 0 Å². The van der Waals surface area contributed by atoms with Crippen molar-refractivity contribution < 1.29 is 66.9 Å². The highest BCUT2D eigenvalue weighted by Crippen LogP contribution is 2.44. The number of hydrogen-bond acceptors (Lipinski definition) is 14. The summed E-state index contributed by atoms with van der Waals surface area (Å²) < 4.78 is 60.0. The number of carbonyl (C=O) groups is 4. The fraction of sp³-hybridized carbons (Fsp3) is 0.270. The van der Waals surface area contributed by atoms with E-state index in [1.807, 2.05) is 121 Å². The van der Waals surface area contributed by atoms with Gasteiger partial charge >= 0.3 is 0 Å². The lowest BCUT2D eigenvalue weighted by Crippen LogP contribution is -2.71. The van der Waals surface area contributed by atoms with Crippen LogP contribution < -0.4 is 9.47 Å². The van der Waals surface area contributed by atoms with Gasteiger partial charge in [-0.3, -0.25) is 29.0 Å². The molecule has 4 amide bonds. The van der Waals surface area contributed by atoms with Crippen LogP contribution in [0.15, 0.2) is 170 Å². The molecule has 20 heteroatoms. The number of halogens is 4. The van der Waals surface area contributed by atoms with Crippen LogP contribution in [0.4, 0.5) is 0 Å². The van der Waals surface area contributed by atoms with Crippen molar-refractivity contribution in [2.75, 3.05) is 20.3 Å². The number of carbonyl (C=O) groups excluding carboxylic acids is 4. The zero-order chi connectivity index (χ0) is 57.7. The van der Waals surface area contributed by atoms with Crippen LogP contribution in [-0.2, 0) is 59.6 Å². The minimum Gasteiger partial charge on any atom is -0.497 e. The monoisotopic (exact) mass is 1200 g/mol. The number of amides is 4. The van der Waals surface area contributed by atoms with Crippen molar-refractivity contribution in [3.63, 3.8) is 0 Å². The molecular weight excluding hydrogens is 1150 g/mol. The molecule has 16 nitrogen and oxygen atoms in total. The maximum atomic E-state index is 15.2. The van der Waals surface area contributed by atoms with Gasteiger partial charge in [0.15, 0.2) is 6.29 Å². The molecule has 4 aliphatic rings. The summed E-state index contributed by atoms with van der Waals surface area (Å²) in [5.74, 6) is -2.58. The van der Waals surface area contributed by atoms with Crippen LogP contribution in [0.2, 0.25) is 20.1 Å². The van der Waals surface area contributed by atoms with Crippen LogP contribution in [0.5, 0.6) is 11.5 Å². The fourth-order valence-corrected chi connectivity index (χ4v) is 11.5. The molecule has 0 unspecified atom stereocenters. The summed E-state index contributed by atoms with van der Waals surface area (Å²) in [5.41, 5.74) is 2.54. The molecule has 2 saturated heterocycles. The van der Waals surface area contributed by atoms with Gasteiger partial charge in [-0.05, 0) is 70.8 Å². The summed E-state index contributed by atoms with van der Waals surface area (Å²) >= 11 is 26.6. The van der Waals surface area contributed by atoms with Gasteiger partial charge in [-0.1, -0.05) is 168 Å². The quantitative estimate of drug-likeness (QED) is 0.0672. The number of aliphatic hydroxyl groups is 1. The number of aliphatic hydroxyl groups excluding tert-OH is 1. The van der Waals surface area contributed by atoms with Crippen molar-refractivity contribution in [1.29, 1.82) is 0 Å². The minimum absolute atomic E-state index is 0.0129. The van der Waals surface area contributed by atoms with Crippen LogP contribution in [0.25, 0.3) is 0 Å². The lowest BCUT2D eigenvalue weighted by Gasteiger charge is -2.51. The summed E-state index contributed by atoms with van der Waals surface area (Å²) in [6, 6.07) is 46.0. The Kier molecular flexibility index (Phi) is 18.2. The third kappa shape index (κ3) is 12.3. The van der Waals surface area contributed by atoms with E-state index in [9.17, 15) is 5.11 Å². The third-order valence-electron chi connectivity index (χ3n) is 14.8. The van der Waals surface area contributed by atoms with Crippen LogP contribution in [-0.4, -0.2) is 120 Å². The molecule has 0 aromatic heterocycles. The topological polar surface area (TPSA) is 178 Å². The Hall–Kier alpha value is -6.74. The predicted molar refractivity (Wildman–Crippen MR) is 306 cm³/mol. The maximum absolute atomic E-state index is 15.2. The van der Waals surface area contributed by atoms with Crippen molar-refractivity contribution in [1.82, 2.24) is 9.80 Å². The Balaban J connectivity index is 1.07. The molecule has 7 aromatic rings. The Morgan fingerprint density at radius 2 is 0.867 bits per heavy atom. The van der Waals surface area contributed by atoms with E-state index in [1.165, 1.54) is 31.4 Å². The van der Waals surface area contributed by atoms with E-state index in [2.05, 4.69) is 0 Å². The van der Waals surface area contributed by atoms with Gasteiger partial charge in [0.1, 0.15) is 60.2 Å². The molecule has 4 aliphatic heterocycles. The second-order valence-electron chi connectivity index (χ2n) is 20.0. The first-order valence-corrected chi connectivity index (χ1v) is 28.1. The van der Waals surface area contributed by atoms with Crippen molar-refractivity contribution in [2.45, 2.75) is 87.7 Å². The van der Waals surface area contributed by atoms with Gasteiger partial charge in [0.25, 0.3) is 23.6 Å². The first-order valence-electron chi connectivity index (χ1n) is 26.6. The molecular formula is C63H54Cl4N2O14. The summed E-state index contributed by atoms with van der Waals surface area (Å²) in [5, 5.41) is 12.4. The zero-order valence-corrected chi connectivity index (χ0v) is 47.4. The van der Waals surface area contributed by atoms with Crippen LogP contribution in [0.3, 0.4) is 0 Å². The van der Waals surface area contributed by atoms with Crippen molar-refractivity contribution in [3.05, 3.63) is 234 Å². The van der Waals surface area contributed by atoms with Gasteiger partial charge in [0.2, 0.25) is 6.29 Å². The molecule has 0 aliphatic carbocycles. The van der Waals surface area contributed by atoms with Crippen LogP contribution in [0, 0.1) is 0 Å². The number of ether oxygens (including phenoxy) is 9. The largest absolute Gasteiger partial charge is 0.497 e. The summed E-state index contributed by atoms with van der Waals surface area (Å²) in [4.78, 5) is 62.3. The standard InChI is InChI=1S/C63H54Cl4N2O14/c1-75-40-22-24-41(25-23-40)80-62-53(69-59(72)43-27-29-45(65)51(67)49(43)61(69)74)57(79-33-39-20-12-5-13-21-39)55(47(82-62)35-77-31-37-16-8-3-9-17-37)83-63-52(68-58(71)42-26-28-44(64)50(66)48(42)60(68)73)56(78-32-38-18-10-4-11-19-38)54(70)46(81-63)34-76-30-36-14-6-2-7-15-36/h2-29,46-47,52-57,62-63,70H,30-35H2,1H3/t46-,47-,52-,53-,54-,55-,56-,57-,62-,63+/m1/s1. The fourth-order valence-electron chi connectivity index (χ4n) is 10.7. The molecule has 428 valence electrons. The number of nitrogens with zero attached hydrogens (tertiary/aromatic N) is 2. The average molecular weight is 1200 g/mol. The Labute approximate surface area is 498 Å². The lowest BCUT2D eigenvalue weighted by atomic mass is 9.92. The summed E-state index contributed by atoms with van der Waals surface area (Å²) in [7, 11) is 1.52. The highest BCUT2D eigenvalue weighted by molar-refractivity contribution is 6.46. The lowest BCUT2D eigenvalue weighted by molar-refractivity contribution is -0.342. The van der Waals surface area contributed by atoms with Crippen molar-refractivity contribution in [3.8, 4) is 11.5 Å². The summed E-state index contributed by atoms with van der Waals surface area (Å²) in [6.07, 6.45) is -11.9. The van der Waals surface area contributed by atoms with E-state index < -0.39 is 84.9 Å². The van der Waals surface area contributed by atoms with Gasteiger partial charge in [-0.15, -0.1) is 0 Å². The number of fused-ring (bicyclic) bond motifs is 2. The van der Waals surface area contributed by atoms with E-state index in [0.717, 1.165) is 20.9 Å². The molecule has 0 bridgehead atoms. The molecule has 11 rings (SSSR count). The highest BCUT2D eigenvalue weighted by Gasteiger charge is 2.60. The third-order valence-corrected chi connectivity index (χ3v) is 16.4. The molecule has 0 radical (unpaired) electrons. The molecule has 83 heavy (non-hydrogen) atoms. The number of methoxy groups -OCH3 is 1. The second-order valence-corrected chi connectivity index (χ2v) is 21.6. The van der Waals surface area contributed by atoms with Crippen LogP contribution in [0.1, 0.15) is 63.7 Å². The normalized spacial score (nSPS) is 24.0. The number of imide groups is 2. The molecule has 2 fully saturated rings. The molecule has 0 spiro atoms. The summed E-state index contributed by atoms with van der Waals surface area (Å²) in [6.45, 7) is -0.596. The predicted octanol–water partition coefficient (Wildman–Crippen LogP) is 10.8. The van der Waals surface area contributed by atoms with Crippen LogP contribution >= 0.6 is 46.4 Å². The first kappa shape index (κ1) is 58.1. The molecule has 0 saturated carbocycles. The second kappa shape index (κ2) is 26.0. The van der Waals surface area contributed by atoms with E-state index in [-0.39, 0.29) is 87.7 Å². The number of rotatable bonds is 21. The van der Waals surface area contributed by atoms with Gasteiger partial charge in [0.05, 0.1) is 89.1 Å². The Morgan fingerprint density at radius 3 is 1.34 bits per heavy atom. The molecule has 4 heterocycles.